The van der Waals surface area contributed by atoms with E-state index in [-0.39, 0.29) is 11.5 Å². The molecule has 2 aromatic carbocycles. The highest BCUT2D eigenvalue weighted by molar-refractivity contribution is 6.30. The summed E-state index contributed by atoms with van der Waals surface area (Å²) in [5.74, 6) is -0.146. The second-order valence-electron chi connectivity index (χ2n) is 6.69. The molecule has 4 aromatic rings. The lowest BCUT2D eigenvalue weighted by atomic mass is 10.1. The van der Waals surface area contributed by atoms with Gasteiger partial charge in [-0.2, -0.15) is 5.10 Å². The minimum atomic E-state index is -0.545. The number of hydrogen-bond donors (Lipinski definition) is 2. The molecule has 4 rings (SSSR count). The Morgan fingerprint density at radius 2 is 1.93 bits per heavy atom. The molecule has 7 heteroatoms. The van der Waals surface area contributed by atoms with Gasteiger partial charge >= 0.3 is 0 Å². The van der Waals surface area contributed by atoms with Crippen LogP contribution in [0.5, 0.6) is 0 Å². The zero-order valence-electron chi connectivity index (χ0n) is 15.3. The van der Waals surface area contributed by atoms with E-state index in [4.69, 9.17) is 11.6 Å². The van der Waals surface area contributed by atoms with E-state index in [1.54, 1.807) is 17.7 Å². The minimum absolute atomic E-state index is 0.146. The van der Waals surface area contributed by atoms with Crippen molar-refractivity contribution in [1.82, 2.24) is 20.1 Å². The number of hydrogen-bond acceptors (Lipinski definition) is 3. The van der Waals surface area contributed by atoms with Crippen molar-refractivity contribution < 1.29 is 4.79 Å². The summed E-state index contributed by atoms with van der Waals surface area (Å²) < 4.78 is 1.78. The molecule has 0 bridgehead atoms. The summed E-state index contributed by atoms with van der Waals surface area (Å²) in [6.45, 7) is 2.29. The van der Waals surface area contributed by atoms with Gasteiger partial charge in [-0.25, -0.2) is 5.10 Å². The SMILES string of the molecule is C[C@@H](C(=O)NCCc1ccc(Cl)cc1)n1c2ccccc2c2cn[nH]c(=O)c21. The number of aromatic nitrogens is 3. The van der Waals surface area contributed by atoms with Crippen LogP contribution in [0.25, 0.3) is 21.8 Å². The van der Waals surface area contributed by atoms with E-state index in [9.17, 15) is 9.59 Å². The molecule has 0 radical (unpaired) electrons. The summed E-state index contributed by atoms with van der Waals surface area (Å²) in [6.07, 6.45) is 2.33. The summed E-state index contributed by atoms with van der Waals surface area (Å²) >= 11 is 5.90. The molecule has 2 N–H and O–H groups in total. The Morgan fingerprint density at radius 3 is 2.71 bits per heavy atom. The fourth-order valence-corrected chi connectivity index (χ4v) is 3.63. The summed E-state index contributed by atoms with van der Waals surface area (Å²) in [6, 6.07) is 14.6. The van der Waals surface area contributed by atoms with E-state index in [0.29, 0.717) is 23.5 Å². The van der Waals surface area contributed by atoms with Crippen molar-refractivity contribution >= 4 is 39.3 Å². The van der Waals surface area contributed by atoms with E-state index >= 15 is 0 Å². The molecule has 6 nitrogen and oxygen atoms in total. The molecule has 1 atom stereocenters. The molecule has 2 heterocycles. The van der Waals surface area contributed by atoms with Crippen LogP contribution in [0, 0.1) is 0 Å². The van der Waals surface area contributed by atoms with Gasteiger partial charge in [-0.1, -0.05) is 41.9 Å². The smallest absolute Gasteiger partial charge is 0.288 e. The van der Waals surface area contributed by atoms with Gasteiger partial charge in [0.2, 0.25) is 5.91 Å². The van der Waals surface area contributed by atoms with Gasteiger partial charge in [0.15, 0.2) is 0 Å². The number of para-hydroxylation sites is 1. The molecule has 0 aliphatic rings. The first-order chi connectivity index (χ1) is 13.6. The second kappa shape index (κ2) is 7.48. The van der Waals surface area contributed by atoms with Gasteiger partial charge < -0.3 is 9.88 Å². The molecule has 28 heavy (non-hydrogen) atoms. The van der Waals surface area contributed by atoms with Gasteiger partial charge in [0.1, 0.15) is 11.6 Å². The fourth-order valence-electron chi connectivity index (χ4n) is 3.51. The molecule has 0 saturated heterocycles. The Morgan fingerprint density at radius 1 is 1.18 bits per heavy atom. The maximum absolute atomic E-state index is 12.8. The predicted octanol–water partition coefficient (Wildman–Crippen LogP) is 3.45. The van der Waals surface area contributed by atoms with Crippen LogP contribution < -0.4 is 10.9 Å². The summed E-state index contributed by atoms with van der Waals surface area (Å²) in [7, 11) is 0. The number of amides is 1. The predicted molar refractivity (Wildman–Crippen MR) is 111 cm³/mol. The number of carbonyl (C=O) groups excluding carboxylic acids is 1. The molecular weight excluding hydrogens is 376 g/mol. The average molecular weight is 395 g/mol. The van der Waals surface area contributed by atoms with Crippen molar-refractivity contribution in [2.45, 2.75) is 19.4 Å². The number of fused-ring (bicyclic) bond motifs is 3. The highest BCUT2D eigenvalue weighted by Gasteiger charge is 2.22. The Hall–Kier alpha value is -3.12. The zero-order chi connectivity index (χ0) is 19.7. The molecular formula is C21H19ClN4O2. The first-order valence-corrected chi connectivity index (χ1v) is 9.42. The highest BCUT2D eigenvalue weighted by Crippen LogP contribution is 2.29. The number of carbonyl (C=O) groups is 1. The lowest BCUT2D eigenvalue weighted by Gasteiger charge is -2.16. The maximum Gasteiger partial charge on any atom is 0.288 e. The number of halogens is 1. The lowest BCUT2D eigenvalue weighted by molar-refractivity contribution is -0.123. The number of nitrogens with zero attached hydrogens (tertiary/aromatic N) is 2. The third-order valence-corrected chi connectivity index (χ3v) is 5.17. The van der Waals surface area contributed by atoms with E-state index in [0.717, 1.165) is 21.9 Å². The average Bonchev–Trinajstić information content (AvgIpc) is 3.05. The largest absolute Gasteiger partial charge is 0.354 e. The Bertz CT molecular complexity index is 1210. The maximum atomic E-state index is 12.8. The summed E-state index contributed by atoms with van der Waals surface area (Å²) in [5.41, 5.74) is 2.07. The van der Waals surface area contributed by atoms with Crippen molar-refractivity contribution in [1.29, 1.82) is 0 Å². The van der Waals surface area contributed by atoms with Gasteiger partial charge in [-0.05, 0) is 37.1 Å². The molecule has 0 spiro atoms. The van der Waals surface area contributed by atoms with Gasteiger partial charge in [-0.3, -0.25) is 9.59 Å². The number of aromatic amines is 1. The molecule has 142 valence electrons. The van der Waals surface area contributed by atoms with Crippen LogP contribution in [0.4, 0.5) is 0 Å². The summed E-state index contributed by atoms with van der Waals surface area (Å²) in [5, 5.41) is 11.7. The van der Waals surface area contributed by atoms with Gasteiger partial charge in [0, 0.05) is 22.3 Å². The number of nitrogens with one attached hydrogen (secondary N) is 2. The number of benzene rings is 2. The van der Waals surface area contributed by atoms with Gasteiger partial charge in [0.05, 0.1) is 11.7 Å². The topological polar surface area (TPSA) is 79.8 Å². The standard InChI is InChI=1S/C21H19ClN4O2/c1-13(20(27)23-11-10-14-6-8-15(22)9-7-14)26-18-5-3-2-4-16(18)17-12-24-25-21(28)19(17)26/h2-9,12-13H,10-11H2,1H3,(H,23,27)(H,25,28)/t13-/m0/s1. The molecule has 0 fully saturated rings. The molecule has 0 saturated carbocycles. The van der Waals surface area contributed by atoms with Crippen LogP contribution in [-0.4, -0.2) is 27.2 Å². The van der Waals surface area contributed by atoms with E-state index in [1.807, 2.05) is 48.5 Å². The highest BCUT2D eigenvalue weighted by atomic mass is 35.5. The van der Waals surface area contributed by atoms with Gasteiger partial charge in [-0.15, -0.1) is 0 Å². The molecule has 2 aromatic heterocycles. The monoisotopic (exact) mass is 394 g/mol. The fraction of sp³-hybridized carbons (Fsp3) is 0.190. The second-order valence-corrected chi connectivity index (χ2v) is 7.13. The third-order valence-electron chi connectivity index (χ3n) is 4.92. The normalized spacial score (nSPS) is 12.4. The van der Waals surface area contributed by atoms with Crippen molar-refractivity contribution in [3.05, 3.63) is 75.7 Å². The number of H-pyrrole nitrogens is 1. The van der Waals surface area contributed by atoms with Crippen LogP contribution >= 0.6 is 11.6 Å². The van der Waals surface area contributed by atoms with Crippen LogP contribution in [0.3, 0.4) is 0 Å². The Labute approximate surface area is 166 Å². The molecule has 1 amide bonds. The number of rotatable bonds is 5. The molecule has 0 aliphatic heterocycles. The summed E-state index contributed by atoms with van der Waals surface area (Å²) in [4.78, 5) is 25.2. The van der Waals surface area contributed by atoms with E-state index in [2.05, 4.69) is 15.5 Å². The van der Waals surface area contributed by atoms with Crippen LogP contribution in [-0.2, 0) is 11.2 Å². The minimum Gasteiger partial charge on any atom is -0.354 e. The van der Waals surface area contributed by atoms with Crippen molar-refractivity contribution in [3.63, 3.8) is 0 Å². The first kappa shape index (κ1) is 18.3. The third kappa shape index (κ3) is 3.27. The zero-order valence-corrected chi connectivity index (χ0v) is 16.0. The van der Waals surface area contributed by atoms with Crippen molar-refractivity contribution in [3.8, 4) is 0 Å². The quantitative estimate of drug-likeness (QED) is 0.544. The van der Waals surface area contributed by atoms with Gasteiger partial charge in [0.25, 0.3) is 5.56 Å². The van der Waals surface area contributed by atoms with Crippen molar-refractivity contribution in [2.75, 3.05) is 6.54 Å². The van der Waals surface area contributed by atoms with Crippen molar-refractivity contribution in [2.24, 2.45) is 0 Å². The Balaban J connectivity index is 1.60. The lowest BCUT2D eigenvalue weighted by Crippen LogP contribution is -2.33. The van der Waals surface area contributed by atoms with Crippen LogP contribution in [0.15, 0.2) is 59.5 Å². The van der Waals surface area contributed by atoms with Crippen LogP contribution in [0.2, 0.25) is 5.02 Å². The van der Waals surface area contributed by atoms with E-state index < -0.39 is 6.04 Å². The molecule has 0 aliphatic carbocycles. The van der Waals surface area contributed by atoms with E-state index in [1.165, 1.54) is 0 Å². The molecule has 0 unspecified atom stereocenters. The van der Waals surface area contributed by atoms with Crippen LogP contribution in [0.1, 0.15) is 18.5 Å². The first-order valence-electron chi connectivity index (χ1n) is 9.04. The Kier molecular flexibility index (Phi) is 4.88.